The Bertz CT molecular complexity index is 626. The van der Waals surface area contributed by atoms with E-state index < -0.39 is 0 Å². The van der Waals surface area contributed by atoms with Crippen LogP contribution in [0.3, 0.4) is 0 Å². The summed E-state index contributed by atoms with van der Waals surface area (Å²) in [5.41, 5.74) is 1.14. The number of hydrogen-bond acceptors (Lipinski definition) is 5. The first kappa shape index (κ1) is 14.6. The molecule has 22 heavy (non-hydrogen) atoms. The lowest BCUT2D eigenvalue weighted by atomic mass is 10.2. The van der Waals surface area contributed by atoms with E-state index in [0.29, 0.717) is 31.4 Å². The molecule has 1 amide bonds. The predicted octanol–water partition coefficient (Wildman–Crippen LogP) is 2.24. The number of benzene rings is 1. The van der Waals surface area contributed by atoms with Gasteiger partial charge in [-0.15, -0.1) is 5.10 Å². The molecule has 0 unspecified atom stereocenters. The minimum atomic E-state index is 0.0196. The topological polar surface area (TPSA) is 71.3 Å². The Labute approximate surface area is 129 Å². The van der Waals surface area contributed by atoms with Crippen LogP contribution in [0.5, 0.6) is 0 Å². The van der Waals surface area contributed by atoms with E-state index in [-0.39, 0.29) is 11.9 Å². The highest BCUT2D eigenvalue weighted by Crippen LogP contribution is 2.18. The molecule has 0 radical (unpaired) electrons. The third-order valence-electron chi connectivity index (χ3n) is 3.69. The summed E-state index contributed by atoms with van der Waals surface area (Å²) in [6.07, 6.45) is 2.20. The van der Waals surface area contributed by atoms with Crippen LogP contribution in [0, 0.1) is 0 Å². The average Bonchev–Trinajstić information content (AvgIpc) is 3.08. The maximum atomic E-state index is 12.1. The molecule has 116 valence electrons. The number of anilines is 1. The van der Waals surface area contributed by atoms with Crippen molar-refractivity contribution in [3.05, 3.63) is 41.8 Å². The van der Waals surface area contributed by atoms with Crippen molar-refractivity contribution >= 4 is 11.9 Å². The van der Waals surface area contributed by atoms with Gasteiger partial charge in [-0.25, -0.2) is 0 Å². The number of amides is 1. The highest BCUT2D eigenvalue weighted by Gasteiger charge is 2.30. The van der Waals surface area contributed by atoms with Crippen LogP contribution >= 0.6 is 0 Å². The van der Waals surface area contributed by atoms with E-state index in [1.165, 1.54) is 0 Å². The van der Waals surface area contributed by atoms with Gasteiger partial charge in [-0.3, -0.25) is 4.79 Å². The fourth-order valence-corrected chi connectivity index (χ4v) is 2.63. The summed E-state index contributed by atoms with van der Waals surface area (Å²) < 4.78 is 5.51. The molecular formula is C16H20N4O2. The molecule has 1 atom stereocenters. The zero-order valence-corrected chi connectivity index (χ0v) is 12.7. The SMILES string of the molecule is CCCc1nnc(N[C@@H]2CC(=O)N(Cc3ccccc3)C2)o1. The van der Waals surface area contributed by atoms with Gasteiger partial charge in [0.15, 0.2) is 0 Å². The normalized spacial score (nSPS) is 18.0. The molecule has 6 heteroatoms. The van der Waals surface area contributed by atoms with Crippen molar-refractivity contribution in [2.24, 2.45) is 0 Å². The predicted molar refractivity (Wildman–Crippen MR) is 82.2 cm³/mol. The first-order valence-corrected chi connectivity index (χ1v) is 7.65. The van der Waals surface area contributed by atoms with Crippen LogP contribution in [-0.2, 0) is 17.8 Å². The quantitative estimate of drug-likeness (QED) is 0.886. The molecule has 1 aliphatic heterocycles. The Morgan fingerprint density at radius 2 is 2.14 bits per heavy atom. The van der Waals surface area contributed by atoms with E-state index >= 15 is 0 Å². The summed E-state index contributed by atoms with van der Waals surface area (Å²) >= 11 is 0. The third-order valence-corrected chi connectivity index (χ3v) is 3.69. The smallest absolute Gasteiger partial charge is 0.315 e. The summed E-state index contributed by atoms with van der Waals surface area (Å²) in [6.45, 7) is 3.36. The van der Waals surface area contributed by atoms with E-state index in [0.717, 1.165) is 18.4 Å². The maximum absolute atomic E-state index is 12.1. The van der Waals surface area contributed by atoms with Gasteiger partial charge in [0.25, 0.3) is 0 Å². The molecular weight excluding hydrogens is 280 g/mol. The molecule has 0 bridgehead atoms. The first-order valence-electron chi connectivity index (χ1n) is 7.65. The van der Waals surface area contributed by atoms with Gasteiger partial charge in [0.2, 0.25) is 11.8 Å². The molecule has 1 aromatic carbocycles. The Balaban J connectivity index is 1.57. The van der Waals surface area contributed by atoms with E-state index in [2.05, 4.69) is 22.4 Å². The molecule has 1 aliphatic rings. The number of aromatic nitrogens is 2. The molecule has 3 rings (SSSR count). The number of rotatable bonds is 6. The summed E-state index contributed by atoms with van der Waals surface area (Å²) in [4.78, 5) is 14.0. The zero-order chi connectivity index (χ0) is 15.4. The highest BCUT2D eigenvalue weighted by molar-refractivity contribution is 5.79. The van der Waals surface area contributed by atoms with Crippen LogP contribution in [0.15, 0.2) is 34.7 Å². The van der Waals surface area contributed by atoms with Crippen molar-refractivity contribution in [2.45, 2.75) is 38.8 Å². The number of hydrogen-bond donors (Lipinski definition) is 1. The lowest BCUT2D eigenvalue weighted by molar-refractivity contribution is -0.128. The zero-order valence-electron chi connectivity index (χ0n) is 12.7. The molecule has 1 N–H and O–H groups in total. The van der Waals surface area contributed by atoms with Gasteiger partial charge in [-0.05, 0) is 12.0 Å². The van der Waals surface area contributed by atoms with Crippen LogP contribution in [0.2, 0.25) is 0 Å². The minimum absolute atomic E-state index is 0.0196. The maximum Gasteiger partial charge on any atom is 0.315 e. The fraction of sp³-hybridized carbons (Fsp3) is 0.438. The summed E-state index contributed by atoms with van der Waals surface area (Å²) in [7, 11) is 0. The van der Waals surface area contributed by atoms with Gasteiger partial charge in [-0.2, -0.15) is 0 Å². The van der Waals surface area contributed by atoms with E-state index in [1.807, 2.05) is 35.2 Å². The van der Waals surface area contributed by atoms with Gasteiger partial charge >= 0.3 is 6.01 Å². The molecule has 0 spiro atoms. The Kier molecular flexibility index (Phi) is 4.37. The molecule has 0 aliphatic carbocycles. The number of carbonyl (C=O) groups excluding carboxylic acids is 1. The largest absolute Gasteiger partial charge is 0.408 e. The number of nitrogens with zero attached hydrogens (tertiary/aromatic N) is 3. The number of likely N-dealkylation sites (tertiary alicyclic amines) is 1. The Morgan fingerprint density at radius 3 is 2.91 bits per heavy atom. The van der Waals surface area contributed by atoms with E-state index in [9.17, 15) is 4.79 Å². The van der Waals surface area contributed by atoms with Gasteiger partial charge < -0.3 is 14.6 Å². The van der Waals surface area contributed by atoms with Crippen LogP contribution in [0.25, 0.3) is 0 Å². The molecule has 1 fully saturated rings. The average molecular weight is 300 g/mol. The molecule has 1 aromatic heterocycles. The number of nitrogens with one attached hydrogen (secondary N) is 1. The van der Waals surface area contributed by atoms with Gasteiger partial charge in [0.05, 0.1) is 6.04 Å². The van der Waals surface area contributed by atoms with Crippen LogP contribution in [0.4, 0.5) is 6.01 Å². The van der Waals surface area contributed by atoms with Gasteiger partial charge in [0.1, 0.15) is 0 Å². The van der Waals surface area contributed by atoms with Crippen LogP contribution in [0.1, 0.15) is 31.2 Å². The van der Waals surface area contributed by atoms with Gasteiger partial charge in [0, 0.05) is 25.9 Å². The fourth-order valence-electron chi connectivity index (χ4n) is 2.63. The Hall–Kier alpha value is -2.37. The minimum Gasteiger partial charge on any atom is -0.408 e. The summed E-state index contributed by atoms with van der Waals surface area (Å²) in [5, 5.41) is 11.1. The summed E-state index contributed by atoms with van der Waals surface area (Å²) in [6, 6.07) is 10.4. The molecule has 6 nitrogen and oxygen atoms in total. The van der Waals surface area contributed by atoms with Crippen molar-refractivity contribution < 1.29 is 9.21 Å². The first-order chi connectivity index (χ1) is 10.7. The van der Waals surface area contributed by atoms with E-state index in [4.69, 9.17) is 4.42 Å². The lowest BCUT2D eigenvalue weighted by Gasteiger charge is -2.16. The highest BCUT2D eigenvalue weighted by atomic mass is 16.4. The number of carbonyl (C=O) groups is 1. The molecule has 0 saturated carbocycles. The van der Waals surface area contributed by atoms with Gasteiger partial charge in [-0.1, -0.05) is 42.4 Å². The second-order valence-electron chi connectivity index (χ2n) is 5.56. The molecule has 2 heterocycles. The molecule has 1 saturated heterocycles. The number of aryl methyl sites for hydroxylation is 1. The third kappa shape index (κ3) is 3.44. The second kappa shape index (κ2) is 6.60. The lowest BCUT2D eigenvalue weighted by Crippen LogP contribution is -2.27. The standard InChI is InChI=1S/C16H20N4O2/c1-2-6-14-18-19-16(22-14)17-13-9-15(21)20(11-13)10-12-7-4-3-5-8-12/h3-5,7-8,13H,2,6,9-11H2,1H3,(H,17,19)/t13-/m1/s1. The Morgan fingerprint density at radius 1 is 1.32 bits per heavy atom. The second-order valence-corrected chi connectivity index (χ2v) is 5.56. The summed E-state index contributed by atoms with van der Waals surface area (Å²) in [5.74, 6) is 0.783. The monoisotopic (exact) mass is 300 g/mol. The van der Waals surface area contributed by atoms with Crippen LogP contribution in [-0.4, -0.2) is 33.6 Å². The van der Waals surface area contributed by atoms with Crippen molar-refractivity contribution in [3.63, 3.8) is 0 Å². The van der Waals surface area contributed by atoms with Crippen molar-refractivity contribution in [1.82, 2.24) is 15.1 Å². The molecule has 2 aromatic rings. The van der Waals surface area contributed by atoms with E-state index in [1.54, 1.807) is 0 Å². The van der Waals surface area contributed by atoms with Crippen molar-refractivity contribution in [3.8, 4) is 0 Å². The van der Waals surface area contributed by atoms with Crippen molar-refractivity contribution in [1.29, 1.82) is 0 Å². The van der Waals surface area contributed by atoms with Crippen LogP contribution < -0.4 is 5.32 Å². The van der Waals surface area contributed by atoms with Crippen molar-refractivity contribution in [2.75, 3.05) is 11.9 Å².